The van der Waals surface area contributed by atoms with Crippen molar-refractivity contribution in [3.63, 3.8) is 0 Å². The first-order valence-electron chi connectivity index (χ1n) is 6.95. The zero-order valence-electron chi connectivity index (χ0n) is 11.2. The summed E-state index contributed by atoms with van der Waals surface area (Å²) in [5, 5.41) is 5.44. The van der Waals surface area contributed by atoms with E-state index in [1.807, 2.05) is 0 Å². The predicted octanol–water partition coefficient (Wildman–Crippen LogP) is 0.485. The number of hydrogen-bond donors (Lipinski definition) is 2. The molecule has 2 fully saturated rings. The summed E-state index contributed by atoms with van der Waals surface area (Å²) in [6.07, 6.45) is 3.71. The SMILES string of the molecule is NCc1nc(C(=O)N2CCCC2C(=O)NC2CC2)cs1. The van der Waals surface area contributed by atoms with Gasteiger partial charge in [-0.15, -0.1) is 11.3 Å². The van der Waals surface area contributed by atoms with Crippen molar-refractivity contribution in [1.29, 1.82) is 0 Å². The molecule has 2 heterocycles. The van der Waals surface area contributed by atoms with Crippen LogP contribution in [0.25, 0.3) is 0 Å². The average molecular weight is 294 g/mol. The van der Waals surface area contributed by atoms with Gasteiger partial charge in [0.05, 0.1) is 0 Å². The van der Waals surface area contributed by atoms with E-state index in [1.165, 1.54) is 11.3 Å². The van der Waals surface area contributed by atoms with Gasteiger partial charge in [-0.05, 0) is 25.7 Å². The van der Waals surface area contributed by atoms with Crippen LogP contribution >= 0.6 is 11.3 Å². The molecule has 1 saturated carbocycles. The van der Waals surface area contributed by atoms with Gasteiger partial charge in [0.15, 0.2) is 0 Å². The minimum Gasteiger partial charge on any atom is -0.352 e. The molecule has 3 N–H and O–H groups in total. The molecule has 108 valence electrons. The number of nitrogens with zero attached hydrogens (tertiary/aromatic N) is 2. The molecule has 1 aromatic rings. The number of carbonyl (C=O) groups excluding carboxylic acids is 2. The number of thiazole rings is 1. The summed E-state index contributed by atoms with van der Waals surface area (Å²) >= 11 is 1.38. The second-order valence-electron chi connectivity index (χ2n) is 5.27. The van der Waals surface area contributed by atoms with E-state index >= 15 is 0 Å². The first-order chi connectivity index (χ1) is 9.69. The first kappa shape index (κ1) is 13.5. The van der Waals surface area contributed by atoms with Crippen molar-refractivity contribution < 1.29 is 9.59 Å². The third kappa shape index (κ3) is 2.69. The van der Waals surface area contributed by atoms with E-state index < -0.39 is 0 Å². The summed E-state index contributed by atoms with van der Waals surface area (Å²) in [6.45, 7) is 0.959. The third-order valence-electron chi connectivity index (χ3n) is 3.69. The molecule has 1 aliphatic carbocycles. The Kier molecular flexibility index (Phi) is 3.71. The fourth-order valence-electron chi connectivity index (χ4n) is 2.46. The van der Waals surface area contributed by atoms with Crippen LogP contribution in [0, 0.1) is 0 Å². The highest BCUT2D eigenvalue weighted by atomic mass is 32.1. The van der Waals surface area contributed by atoms with Crippen molar-refractivity contribution in [1.82, 2.24) is 15.2 Å². The minimum atomic E-state index is -0.342. The highest BCUT2D eigenvalue weighted by Gasteiger charge is 2.37. The first-order valence-corrected chi connectivity index (χ1v) is 7.83. The molecule has 1 saturated heterocycles. The number of rotatable bonds is 4. The fraction of sp³-hybridized carbons (Fsp3) is 0.615. The lowest BCUT2D eigenvalue weighted by Gasteiger charge is -2.23. The van der Waals surface area contributed by atoms with Gasteiger partial charge in [-0.1, -0.05) is 0 Å². The van der Waals surface area contributed by atoms with Gasteiger partial charge >= 0.3 is 0 Å². The Morgan fingerprint density at radius 2 is 2.25 bits per heavy atom. The van der Waals surface area contributed by atoms with Crippen molar-refractivity contribution in [3.05, 3.63) is 16.1 Å². The van der Waals surface area contributed by atoms with Crippen LogP contribution < -0.4 is 11.1 Å². The molecule has 1 atom stereocenters. The Labute approximate surface area is 121 Å². The summed E-state index contributed by atoms with van der Waals surface area (Å²) in [6, 6.07) is -0.0192. The molecule has 1 aromatic heterocycles. The monoisotopic (exact) mass is 294 g/mol. The Morgan fingerprint density at radius 3 is 2.90 bits per heavy atom. The highest BCUT2D eigenvalue weighted by Crippen LogP contribution is 2.24. The van der Waals surface area contributed by atoms with Gasteiger partial charge in [-0.3, -0.25) is 9.59 Å². The molecule has 0 aromatic carbocycles. The quantitative estimate of drug-likeness (QED) is 0.845. The van der Waals surface area contributed by atoms with Crippen molar-refractivity contribution in [2.75, 3.05) is 6.54 Å². The number of hydrogen-bond acceptors (Lipinski definition) is 5. The maximum atomic E-state index is 12.4. The predicted molar refractivity (Wildman–Crippen MR) is 75.2 cm³/mol. The largest absolute Gasteiger partial charge is 0.352 e. The lowest BCUT2D eigenvalue weighted by Crippen LogP contribution is -2.46. The summed E-state index contributed by atoms with van der Waals surface area (Å²) in [5.41, 5.74) is 5.92. The highest BCUT2D eigenvalue weighted by molar-refractivity contribution is 7.09. The normalized spacial score (nSPS) is 22.1. The Balaban J connectivity index is 1.70. The number of likely N-dealkylation sites (tertiary alicyclic amines) is 1. The van der Waals surface area contributed by atoms with Crippen LogP contribution in [0.1, 0.15) is 41.2 Å². The van der Waals surface area contributed by atoms with Crippen molar-refractivity contribution in [2.45, 2.75) is 44.3 Å². The molecular formula is C13H18N4O2S. The number of aromatic nitrogens is 1. The number of nitrogens with one attached hydrogen (secondary N) is 1. The van der Waals surface area contributed by atoms with Gasteiger partial charge in [0.2, 0.25) is 5.91 Å². The van der Waals surface area contributed by atoms with E-state index in [-0.39, 0.29) is 17.9 Å². The van der Waals surface area contributed by atoms with Crippen molar-refractivity contribution in [2.24, 2.45) is 5.73 Å². The Hall–Kier alpha value is -1.47. The molecule has 0 spiro atoms. The number of carbonyl (C=O) groups is 2. The fourth-order valence-corrected chi connectivity index (χ4v) is 3.11. The van der Waals surface area contributed by atoms with Crippen LogP contribution in [0.15, 0.2) is 5.38 Å². The van der Waals surface area contributed by atoms with Crippen LogP contribution in [0.5, 0.6) is 0 Å². The molecule has 2 amide bonds. The zero-order valence-corrected chi connectivity index (χ0v) is 12.0. The number of amides is 2. The zero-order chi connectivity index (χ0) is 14.1. The van der Waals surface area contributed by atoms with Crippen molar-refractivity contribution in [3.8, 4) is 0 Å². The molecule has 0 bridgehead atoms. The number of nitrogens with two attached hydrogens (primary N) is 1. The lowest BCUT2D eigenvalue weighted by atomic mass is 10.2. The molecule has 0 radical (unpaired) electrons. The summed E-state index contributed by atoms with van der Waals surface area (Å²) in [7, 11) is 0. The van der Waals surface area contributed by atoms with Crippen LogP contribution in [0.3, 0.4) is 0 Å². The standard InChI is InChI=1S/C13H18N4O2S/c14-6-11-16-9(7-20-11)13(19)17-5-1-2-10(17)12(18)15-8-3-4-8/h7-8,10H,1-6,14H2,(H,15,18). The average Bonchev–Trinajstić information content (AvgIpc) is 2.99. The second-order valence-corrected chi connectivity index (χ2v) is 6.21. The van der Waals surface area contributed by atoms with Gasteiger partial charge in [-0.25, -0.2) is 4.98 Å². The Morgan fingerprint density at radius 1 is 1.45 bits per heavy atom. The third-order valence-corrected chi connectivity index (χ3v) is 4.56. The summed E-state index contributed by atoms with van der Waals surface area (Å²) < 4.78 is 0. The molecule has 6 nitrogen and oxygen atoms in total. The van der Waals surface area contributed by atoms with Crippen LogP contribution in [-0.2, 0) is 11.3 Å². The maximum Gasteiger partial charge on any atom is 0.274 e. The van der Waals surface area contributed by atoms with E-state index in [4.69, 9.17) is 5.73 Å². The van der Waals surface area contributed by atoms with E-state index in [0.717, 1.165) is 30.7 Å². The topological polar surface area (TPSA) is 88.3 Å². The van der Waals surface area contributed by atoms with Crippen molar-refractivity contribution >= 4 is 23.2 Å². The van der Waals surface area contributed by atoms with Gasteiger partial charge in [0, 0.05) is 24.5 Å². The maximum absolute atomic E-state index is 12.4. The van der Waals surface area contributed by atoms with E-state index in [9.17, 15) is 9.59 Å². The van der Waals surface area contributed by atoms with Gasteiger partial charge in [0.25, 0.3) is 5.91 Å². The van der Waals surface area contributed by atoms with Gasteiger partial charge < -0.3 is 16.0 Å². The second kappa shape index (κ2) is 5.49. The molecule has 1 aliphatic heterocycles. The van der Waals surface area contributed by atoms with Crippen LogP contribution in [0.4, 0.5) is 0 Å². The summed E-state index contributed by atoms with van der Waals surface area (Å²) in [4.78, 5) is 30.5. The smallest absolute Gasteiger partial charge is 0.274 e. The molecular weight excluding hydrogens is 276 g/mol. The van der Waals surface area contributed by atoms with Crippen LogP contribution in [0.2, 0.25) is 0 Å². The van der Waals surface area contributed by atoms with E-state index in [2.05, 4.69) is 10.3 Å². The molecule has 1 unspecified atom stereocenters. The Bertz CT molecular complexity index is 526. The molecule has 2 aliphatic rings. The lowest BCUT2D eigenvalue weighted by molar-refractivity contribution is -0.125. The molecule has 7 heteroatoms. The van der Waals surface area contributed by atoms with E-state index in [0.29, 0.717) is 24.8 Å². The molecule has 20 heavy (non-hydrogen) atoms. The minimum absolute atomic E-state index is 0.0207. The van der Waals surface area contributed by atoms with Crippen LogP contribution in [-0.4, -0.2) is 40.3 Å². The molecule has 3 rings (SSSR count). The summed E-state index contributed by atoms with van der Waals surface area (Å²) in [5.74, 6) is -0.179. The van der Waals surface area contributed by atoms with E-state index in [1.54, 1.807) is 10.3 Å². The van der Waals surface area contributed by atoms with Gasteiger partial charge in [-0.2, -0.15) is 0 Å². The van der Waals surface area contributed by atoms with Gasteiger partial charge in [0.1, 0.15) is 16.7 Å².